The number of hydrogen-bond acceptors (Lipinski definition) is 4. The van der Waals surface area contributed by atoms with E-state index in [-0.39, 0.29) is 5.92 Å². The Kier molecular flexibility index (Phi) is 2.08. The maximum Gasteiger partial charge on any atom is 0.406 e. The van der Waals surface area contributed by atoms with E-state index in [0.717, 1.165) is 0 Å². The molecule has 0 bridgehead atoms. The number of amides is 1. The first kappa shape index (κ1) is 7.30. The van der Waals surface area contributed by atoms with Crippen LogP contribution in [0.4, 0.5) is 4.79 Å². The van der Waals surface area contributed by atoms with E-state index >= 15 is 0 Å². The Bertz CT molecular complexity index is 135. The third kappa shape index (κ3) is 1.58. The largest absolute Gasteiger partial charge is 0.420 e. The van der Waals surface area contributed by atoms with E-state index in [1.165, 1.54) is 0 Å². The highest BCUT2D eigenvalue weighted by molar-refractivity contribution is 5.64. The Morgan fingerprint density at radius 2 is 2.40 bits per heavy atom. The van der Waals surface area contributed by atoms with Gasteiger partial charge in [-0.15, -0.1) is 0 Å². The normalized spacial score (nSPS) is 21.3. The summed E-state index contributed by atoms with van der Waals surface area (Å²) in [6.45, 7) is 1.35. The summed E-state index contributed by atoms with van der Waals surface area (Å²) in [5.41, 5.74) is 4.67. The minimum absolute atomic E-state index is 0.00694. The lowest BCUT2D eigenvalue weighted by atomic mass is 10.0. The summed E-state index contributed by atoms with van der Waals surface area (Å²) in [6.07, 6.45) is -1.97. The van der Waals surface area contributed by atoms with Crippen LogP contribution in [0, 0.1) is 5.92 Å². The molecular weight excluding hydrogens is 136 g/mol. The fraction of sp³-hybridized carbons (Fsp3) is 0.800. The number of primary amides is 1. The molecule has 0 spiro atoms. The summed E-state index contributed by atoms with van der Waals surface area (Å²) < 4.78 is 4.31. The average Bonchev–Trinajstić information content (AvgIpc) is 1.55. The molecule has 1 atom stereocenters. The van der Waals surface area contributed by atoms with E-state index in [2.05, 4.69) is 15.8 Å². The van der Waals surface area contributed by atoms with Crippen LogP contribution in [0.5, 0.6) is 0 Å². The Hall–Kier alpha value is -0.810. The van der Waals surface area contributed by atoms with Crippen LogP contribution in [0.15, 0.2) is 0 Å². The van der Waals surface area contributed by atoms with Crippen molar-refractivity contribution >= 4 is 6.09 Å². The van der Waals surface area contributed by atoms with Gasteiger partial charge in [-0.25, -0.2) is 4.79 Å². The maximum atomic E-state index is 10.1. The predicted molar refractivity (Wildman–Crippen MR) is 33.0 cm³/mol. The summed E-state index contributed by atoms with van der Waals surface area (Å²) >= 11 is 0. The second kappa shape index (κ2) is 2.85. The number of rotatable bonds is 2. The molecule has 0 saturated carbocycles. The summed E-state index contributed by atoms with van der Waals surface area (Å²) in [6, 6.07) is 0. The molecule has 0 aromatic rings. The quantitative estimate of drug-likeness (QED) is 0.419. The van der Waals surface area contributed by atoms with Gasteiger partial charge in [-0.2, -0.15) is 0 Å². The Balaban J connectivity index is 2.19. The van der Waals surface area contributed by atoms with Crippen molar-refractivity contribution in [2.24, 2.45) is 11.7 Å². The molecule has 5 nitrogen and oxygen atoms in total. The molecule has 0 aliphatic carbocycles. The van der Waals surface area contributed by atoms with Crippen LogP contribution >= 0.6 is 0 Å². The molecule has 10 heavy (non-hydrogen) atoms. The lowest BCUT2D eigenvalue weighted by Crippen LogP contribution is -2.50. The van der Waals surface area contributed by atoms with Gasteiger partial charge in [0, 0.05) is 19.0 Å². The average molecular weight is 146 g/mol. The minimum atomic E-state index is -1.04. The highest BCUT2D eigenvalue weighted by Crippen LogP contribution is 2.09. The van der Waals surface area contributed by atoms with Gasteiger partial charge in [0.25, 0.3) is 0 Å². The molecule has 5 heteroatoms. The Morgan fingerprint density at radius 1 is 1.80 bits per heavy atom. The molecule has 4 N–H and O–H groups in total. The molecule has 1 amide bonds. The first-order chi connectivity index (χ1) is 4.70. The van der Waals surface area contributed by atoms with Crippen LogP contribution in [-0.4, -0.2) is 30.6 Å². The topological polar surface area (TPSA) is 84.6 Å². The highest BCUT2D eigenvalue weighted by Gasteiger charge is 2.27. The summed E-state index contributed by atoms with van der Waals surface area (Å²) in [7, 11) is 0. The molecule has 1 saturated heterocycles. The van der Waals surface area contributed by atoms with Gasteiger partial charge >= 0.3 is 6.09 Å². The van der Waals surface area contributed by atoms with E-state index < -0.39 is 12.4 Å². The summed E-state index contributed by atoms with van der Waals surface area (Å²) in [4.78, 5) is 10.1. The number of carbonyl (C=O) groups excluding carboxylic acids is 1. The fourth-order valence-corrected chi connectivity index (χ4v) is 0.728. The van der Waals surface area contributed by atoms with Crippen LogP contribution in [0.3, 0.4) is 0 Å². The van der Waals surface area contributed by atoms with Crippen molar-refractivity contribution in [2.75, 3.05) is 13.1 Å². The number of carbonyl (C=O) groups is 1. The van der Waals surface area contributed by atoms with E-state index in [1.807, 2.05) is 0 Å². The van der Waals surface area contributed by atoms with Crippen LogP contribution in [-0.2, 0) is 4.74 Å². The lowest BCUT2D eigenvalue weighted by Gasteiger charge is -2.30. The molecule has 58 valence electrons. The number of nitrogens with one attached hydrogen (secondary N) is 1. The van der Waals surface area contributed by atoms with Gasteiger partial charge in [0.2, 0.25) is 6.29 Å². The zero-order valence-corrected chi connectivity index (χ0v) is 5.41. The molecule has 1 rings (SSSR count). The number of aliphatic hydroxyl groups excluding tert-OH is 1. The molecule has 1 fully saturated rings. The molecule has 1 aliphatic heterocycles. The molecular formula is C5H10N2O3. The predicted octanol–water partition coefficient (Wildman–Crippen LogP) is -1.38. The van der Waals surface area contributed by atoms with Crippen molar-refractivity contribution < 1.29 is 14.6 Å². The summed E-state index contributed by atoms with van der Waals surface area (Å²) in [5.74, 6) is 0.00694. The Labute approximate surface area is 58.2 Å². The van der Waals surface area contributed by atoms with Crippen molar-refractivity contribution in [3.63, 3.8) is 0 Å². The standard InChI is InChI=1S/C5H10N2O3/c6-5(9)10-4(8)3-1-7-2-3/h3-4,7-8H,1-2H2,(H2,6,9). The molecule has 0 radical (unpaired) electrons. The second-order valence-corrected chi connectivity index (χ2v) is 2.25. The molecule has 1 unspecified atom stereocenters. The fourth-order valence-electron chi connectivity index (χ4n) is 0.728. The van der Waals surface area contributed by atoms with Crippen LogP contribution in [0.25, 0.3) is 0 Å². The minimum Gasteiger partial charge on any atom is -0.420 e. The molecule has 1 aliphatic rings. The van der Waals surface area contributed by atoms with Crippen LogP contribution in [0.2, 0.25) is 0 Å². The first-order valence-electron chi connectivity index (χ1n) is 3.05. The zero-order valence-electron chi connectivity index (χ0n) is 5.41. The number of nitrogens with two attached hydrogens (primary N) is 1. The van der Waals surface area contributed by atoms with Gasteiger partial charge < -0.3 is 20.9 Å². The van der Waals surface area contributed by atoms with Crippen molar-refractivity contribution in [3.05, 3.63) is 0 Å². The lowest BCUT2D eigenvalue weighted by molar-refractivity contribution is -0.1000. The monoisotopic (exact) mass is 146 g/mol. The van der Waals surface area contributed by atoms with Crippen molar-refractivity contribution in [3.8, 4) is 0 Å². The Morgan fingerprint density at radius 3 is 2.70 bits per heavy atom. The third-order valence-electron chi connectivity index (χ3n) is 1.45. The number of ether oxygens (including phenoxy) is 1. The maximum absolute atomic E-state index is 10.1. The smallest absolute Gasteiger partial charge is 0.406 e. The molecule has 0 aromatic heterocycles. The number of aliphatic hydroxyl groups is 1. The van der Waals surface area contributed by atoms with Gasteiger partial charge in [-0.05, 0) is 0 Å². The molecule has 1 heterocycles. The van der Waals surface area contributed by atoms with Crippen LogP contribution in [0.1, 0.15) is 0 Å². The van der Waals surface area contributed by atoms with Crippen molar-refractivity contribution in [1.82, 2.24) is 5.32 Å². The van der Waals surface area contributed by atoms with Gasteiger partial charge in [-0.3, -0.25) is 0 Å². The third-order valence-corrected chi connectivity index (χ3v) is 1.45. The second-order valence-electron chi connectivity index (χ2n) is 2.25. The summed E-state index contributed by atoms with van der Waals surface area (Å²) in [5, 5.41) is 11.9. The number of hydrogen-bond donors (Lipinski definition) is 3. The SMILES string of the molecule is NC(=O)OC(O)C1CNC1. The van der Waals surface area contributed by atoms with Gasteiger partial charge in [0.05, 0.1) is 0 Å². The van der Waals surface area contributed by atoms with E-state index in [4.69, 9.17) is 5.11 Å². The van der Waals surface area contributed by atoms with Crippen LogP contribution < -0.4 is 11.1 Å². The van der Waals surface area contributed by atoms with Crippen molar-refractivity contribution in [2.45, 2.75) is 6.29 Å². The van der Waals surface area contributed by atoms with E-state index in [1.54, 1.807) is 0 Å². The highest BCUT2D eigenvalue weighted by atomic mass is 16.6. The molecule has 0 aromatic carbocycles. The van der Waals surface area contributed by atoms with E-state index in [0.29, 0.717) is 13.1 Å². The van der Waals surface area contributed by atoms with Crippen molar-refractivity contribution in [1.29, 1.82) is 0 Å². The first-order valence-corrected chi connectivity index (χ1v) is 3.05. The van der Waals surface area contributed by atoms with Gasteiger partial charge in [-0.1, -0.05) is 0 Å². The van der Waals surface area contributed by atoms with E-state index in [9.17, 15) is 4.79 Å². The van der Waals surface area contributed by atoms with Gasteiger partial charge in [0.1, 0.15) is 0 Å². The zero-order chi connectivity index (χ0) is 7.56. The van der Waals surface area contributed by atoms with Gasteiger partial charge in [0.15, 0.2) is 0 Å².